The summed E-state index contributed by atoms with van der Waals surface area (Å²) < 4.78 is 11.3. The van der Waals surface area contributed by atoms with Crippen molar-refractivity contribution in [1.82, 2.24) is 15.1 Å². The molecule has 4 atom stereocenters. The summed E-state index contributed by atoms with van der Waals surface area (Å²) in [4.78, 5) is 30.1. The molecule has 2 N–H and O–H groups in total. The van der Waals surface area contributed by atoms with E-state index < -0.39 is 23.3 Å². The first-order chi connectivity index (χ1) is 14.5. The number of aliphatic hydroxyl groups is 1. The van der Waals surface area contributed by atoms with Crippen LogP contribution in [-0.4, -0.2) is 76.4 Å². The van der Waals surface area contributed by atoms with Gasteiger partial charge in [0, 0.05) is 37.7 Å². The van der Waals surface area contributed by atoms with Crippen LogP contribution in [0.1, 0.15) is 52.1 Å². The number of hydrogen-bond acceptors (Lipinski definition) is 6. The van der Waals surface area contributed by atoms with E-state index in [4.69, 9.17) is 9.47 Å². The fraction of sp³-hybridized carbons (Fsp3) is 0.652. The molecule has 4 rings (SSSR count). The molecule has 2 amide bonds. The van der Waals surface area contributed by atoms with E-state index in [0.717, 1.165) is 11.3 Å². The van der Waals surface area contributed by atoms with Crippen LogP contribution in [0.15, 0.2) is 24.3 Å². The van der Waals surface area contributed by atoms with Gasteiger partial charge in [0.2, 0.25) is 5.91 Å². The summed E-state index contributed by atoms with van der Waals surface area (Å²) in [5, 5.41) is 13.7. The normalized spacial score (nSPS) is 30.7. The van der Waals surface area contributed by atoms with Crippen molar-refractivity contribution in [2.45, 2.75) is 69.9 Å². The number of piperazine rings is 1. The quantitative estimate of drug-likeness (QED) is 0.745. The number of amides is 2. The first-order valence-electron chi connectivity index (χ1n) is 11.0. The minimum absolute atomic E-state index is 0.00961. The lowest BCUT2D eigenvalue weighted by molar-refractivity contribution is -0.130. The molecule has 31 heavy (non-hydrogen) atoms. The molecule has 2 fully saturated rings. The van der Waals surface area contributed by atoms with E-state index in [0.29, 0.717) is 39.1 Å². The minimum Gasteiger partial charge on any atom is -0.493 e. The van der Waals surface area contributed by atoms with Crippen molar-refractivity contribution in [2.24, 2.45) is 0 Å². The molecular weight excluding hydrogens is 398 g/mol. The molecule has 3 aliphatic rings. The zero-order chi connectivity index (χ0) is 22.4. The van der Waals surface area contributed by atoms with Crippen molar-refractivity contribution in [3.8, 4) is 5.75 Å². The van der Waals surface area contributed by atoms with Crippen LogP contribution in [0.4, 0.5) is 4.79 Å². The van der Waals surface area contributed by atoms with E-state index in [9.17, 15) is 14.7 Å². The Labute approximate surface area is 183 Å². The molecule has 0 spiro atoms. The van der Waals surface area contributed by atoms with Gasteiger partial charge in [-0.25, -0.2) is 4.79 Å². The van der Waals surface area contributed by atoms with Gasteiger partial charge in [-0.05, 0) is 40.2 Å². The molecule has 0 unspecified atom stereocenters. The molecule has 0 radical (unpaired) electrons. The molecule has 8 heteroatoms. The fourth-order valence-corrected chi connectivity index (χ4v) is 4.84. The van der Waals surface area contributed by atoms with Crippen LogP contribution in [0, 0.1) is 0 Å². The van der Waals surface area contributed by atoms with E-state index in [1.54, 1.807) is 6.92 Å². The fourth-order valence-electron chi connectivity index (χ4n) is 4.84. The van der Waals surface area contributed by atoms with E-state index in [1.807, 2.05) is 45.0 Å². The second-order valence-corrected chi connectivity index (χ2v) is 10.2. The molecule has 0 aliphatic carbocycles. The van der Waals surface area contributed by atoms with Gasteiger partial charge in [-0.2, -0.15) is 0 Å². The molecule has 3 heterocycles. The monoisotopic (exact) mass is 431 g/mol. The first-order valence-corrected chi connectivity index (χ1v) is 11.0. The number of para-hydroxylation sites is 1. The largest absolute Gasteiger partial charge is 0.493 e. The molecule has 8 nitrogen and oxygen atoms in total. The van der Waals surface area contributed by atoms with Crippen LogP contribution in [0.3, 0.4) is 0 Å². The average Bonchev–Trinajstić information content (AvgIpc) is 2.98. The van der Waals surface area contributed by atoms with Crippen molar-refractivity contribution in [3.05, 3.63) is 29.8 Å². The number of carbonyl (C=O) groups excluding carboxylic acids is 2. The lowest BCUT2D eigenvalue weighted by Crippen LogP contribution is -2.63. The van der Waals surface area contributed by atoms with Gasteiger partial charge in [-0.3, -0.25) is 14.6 Å². The number of hydrogen-bond donors (Lipinski definition) is 2. The average molecular weight is 432 g/mol. The number of carbonyl (C=O) groups is 2. The third-order valence-electron chi connectivity index (χ3n) is 6.13. The lowest BCUT2D eigenvalue weighted by Gasteiger charge is -2.43. The minimum atomic E-state index is -0.824. The van der Waals surface area contributed by atoms with Crippen LogP contribution in [0.25, 0.3) is 0 Å². The van der Waals surface area contributed by atoms with Crippen molar-refractivity contribution < 1.29 is 24.2 Å². The van der Waals surface area contributed by atoms with Crippen LogP contribution in [-0.2, 0) is 9.53 Å². The number of benzene rings is 1. The summed E-state index contributed by atoms with van der Waals surface area (Å²) in [7, 11) is 0. The Balaban J connectivity index is 1.54. The molecule has 2 saturated heterocycles. The molecule has 0 bridgehead atoms. The molecule has 3 aliphatic heterocycles. The topological polar surface area (TPSA) is 91.3 Å². The highest BCUT2D eigenvalue weighted by atomic mass is 16.6. The van der Waals surface area contributed by atoms with E-state index >= 15 is 0 Å². The van der Waals surface area contributed by atoms with Gasteiger partial charge in [0.25, 0.3) is 0 Å². The van der Waals surface area contributed by atoms with Crippen LogP contribution >= 0.6 is 0 Å². The Kier molecular flexibility index (Phi) is 5.64. The highest BCUT2D eigenvalue weighted by molar-refractivity contribution is 5.86. The van der Waals surface area contributed by atoms with Gasteiger partial charge in [0.15, 0.2) is 0 Å². The molecule has 1 aromatic rings. The van der Waals surface area contributed by atoms with Crippen molar-refractivity contribution >= 4 is 12.0 Å². The molecular formula is C23H33N3O5. The highest BCUT2D eigenvalue weighted by Gasteiger charge is 2.48. The Morgan fingerprint density at radius 3 is 2.74 bits per heavy atom. The predicted octanol–water partition coefficient (Wildman–Crippen LogP) is 2.07. The Bertz CT molecular complexity index is 850. The Hall–Kier alpha value is -2.32. The van der Waals surface area contributed by atoms with Crippen LogP contribution in [0.5, 0.6) is 5.75 Å². The van der Waals surface area contributed by atoms with Gasteiger partial charge in [-0.1, -0.05) is 18.2 Å². The maximum atomic E-state index is 13.4. The second-order valence-electron chi connectivity index (χ2n) is 10.2. The molecule has 1 aromatic carbocycles. The summed E-state index contributed by atoms with van der Waals surface area (Å²) in [5.41, 5.74) is -0.533. The molecule has 170 valence electrons. The van der Waals surface area contributed by atoms with Gasteiger partial charge < -0.3 is 19.9 Å². The summed E-state index contributed by atoms with van der Waals surface area (Å²) in [6.45, 7) is 8.99. The second kappa shape index (κ2) is 7.98. The van der Waals surface area contributed by atoms with E-state index in [2.05, 4.69) is 10.2 Å². The van der Waals surface area contributed by atoms with Crippen LogP contribution < -0.4 is 10.1 Å². The smallest absolute Gasteiger partial charge is 0.411 e. The maximum Gasteiger partial charge on any atom is 0.411 e. The number of rotatable bonds is 2. The van der Waals surface area contributed by atoms with E-state index in [-0.39, 0.29) is 18.0 Å². The van der Waals surface area contributed by atoms with E-state index in [1.165, 1.54) is 4.90 Å². The van der Waals surface area contributed by atoms with Crippen molar-refractivity contribution in [1.29, 1.82) is 0 Å². The molecule has 0 saturated carbocycles. The van der Waals surface area contributed by atoms with Gasteiger partial charge in [0.05, 0.1) is 18.2 Å². The third-order valence-corrected chi connectivity index (χ3v) is 6.13. The Morgan fingerprint density at radius 1 is 1.26 bits per heavy atom. The first kappa shape index (κ1) is 21.9. The van der Waals surface area contributed by atoms with Gasteiger partial charge in [-0.15, -0.1) is 0 Å². The number of nitrogens with zero attached hydrogens (tertiary/aromatic N) is 2. The zero-order valence-corrected chi connectivity index (χ0v) is 18.8. The zero-order valence-electron chi connectivity index (χ0n) is 18.8. The Morgan fingerprint density at radius 2 is 2.00 bits per heavy atom. The summed E-state index contributed by atoms with van der Waals surface area (Å²) >= 11 is 0. The number of nitrogens with one attached hydrogen (secondary N) is 1. The summed E-state index contributed by atoms with van der Waals surface area (Å²) in [5.74, 6) is 0.569. The summed E-state index contributed by atoms with van der Waals surface area (Å²) in [6, 6.07) is 6.85. The summed E-state index contributed by atoms with van der Waals surface area (Å²) in [6.07, 6.45) is 0.739. The van der Waals surface area contributed by atoms with Gasteiger partial charge in [0.1, 0.15) is 17.4 Å². The highest BCUT2D eigenvalue weighted by Crippen LogP contribution is 2.34. The van der Waals surface area contributed by atoms with Crippen molar-refractivity contribution in [2.75, 3.05) is 26.2 Å². The SMILES string of the molecule is CC(C)(C)OC(=O)N1C[C@H]2C[C@@](C)(O)CN2C[C@H]1C(=O)N[C@@H]1CCOc2ccccc21. The third kappa shape index (κ3) is 4.80. The lowest BCUT2D eigenvalue weighted by atomic mass is 9.99. The number of fused-ring (bicyclic) bond motifs is 2. The predicted molar refractivity (Wildman–Crippen MR) is 115 cm³/mol. The van der Waals surface area contributed by atoms with Crippen molar-refractivity contribution in [3.63, 3.8) is 0 Å². The maximum absolute atomic E-state index is 13.4. The molecule has 0 aromatic heterocycles. The van der Waals surface area contributed by atoms with Crippen LogP contribution in [0.2, 0.25) is 0 Å². The standard InChI is InChI=1S/C23H33N3O5/c1-22(2,3)31-21(28)26-12-15-11-23(4,29)14-25(15)13-18(26)20(27)24-17-9-10-30-19-8-6-5-7-16(17)19/h5-8,15,17-18,29H,9-14H2,1-4H3,(H,24,27)/t15-,17-,18+,23-/m1/s1. The van der Waals surface area contributed by atoms with Gasteiger partial charge >= 0.3 is 6.09 Å². The number of ether oxygens (including phenoxy) is 2.